The van der Waals surface area contributed by atoms with Crippen LogP contribution < -0.4 is 0 Å². The van der Waals surface area contributed by atoms with Gasteiger partial charge in [0.05, 0.1) is 17.4 Å². The van der Waals surface area contributed by atoms with Crippen LogP contribution in [0.4, 0.5) is 0 Å². The Morgan fingerprint density at radius 3 is 2.17 bits per heavy atom. The monoisotopic (exact) mass is 528 g/mol. The van der Waals surface area contributed by atoms with Crippen molar-refractivity contribution in [1.82, 2.24) is 0 Å². The molecule has 2 bridgehead atoms. The summed E-state index contributed by atoms with van der Waals surface area (Å²) in [6.07, 6.45) is 4.53. The van der Waals surface area contributed by atoms with Crippen molar-refractivity contribution in [2.24, 2.45) is 27.6 Å². The first-order chi connectivity index (χ1) is 16.5. The number of carbonyl (C=O) groups is 3. The van der Waals surface area contributed by atoms with Crippen molar-refractivity contribution in [2.45, 2.75) is 124 Å². The minimum absolute atomic E-state index is 0.0428. The summed E-state index contributed by atoms with van der Waals surface area (Å²) in [6.45, 7) is 13.8. The molecular formula is C28H45ClO7. The number of esters is 2. The maximum atomic E-state index is 13.6. The molecule has 2 aliphatic carbocycles. The highest BCUT2D eigenvalue weighted by molar-refractivity contribution is 6.34. The standard InChI is InChI=1S/C28H45ClO7/c1-8-28(29,23(33)35-19-15-18-12-13-27(19,7)25(18,4)5)17-26(6,16-24(2,3)21(30)31)22(32)36-20-11-9-10-14-34-20/h18-20H,8-17H2,1-7H3,(H,30,31). The number of rotatable bonds is 10. The largest absolute Gasteiger partial charge is 0.481 e. The fourth-order valence-electron chi connectivity index (χ4n) is 6.83. The average molecular weight is 529 g/mol. The van der Waals surface area contributed by atoms with Gasteiger partial charge in [-0.25, -0.2) is 0 Å². The second-order valence-corrected chi connectivity index (χ2v) is 13.9. The quantitative estimate of drug-likeness (QED) is 0.270. The zero-order valence-corrected chi connectivity index (χ0v) is 23.8. The molecule has 1 saturated heterocycles. The highest BCUT2D eigenvalue weighted by atomic mass is 35.5. The van der Waals surface area contributed by atoms with Crippen LogP contribution in [-0.2, 0) is 28.6 Å². The molecule has 3 fully saturated rings. The van der Waals surface area contributed by atoms with E-state index in [0.717, 1.165) is 32.1 Å². The zero-order chi connectivity index (χ0) is 27.2. The van der Waals surface area contributed by atoms with Crippen LogP contribution in [-0.4, -0.2) is 46.9 Å². The van der Waals surface area contributed by atoms with E-state index >= 15 is 0 Å². The third-order valence-electron chi connectivity index (χ3n) is 9.84. The van der Waals surface area contributed by atoms with E-state index in [1.807, 2.05) is 0 Å². The zero-order valence-electron chi connectivity index (χ0n) is 23.1. The molecule has 1 N–H and O–H groups in total. The van der Waals surface area contributed by atoms with Crippen LogP contribution in [0.15, 0.2) is 0 Å². The van der Waals surface area contributed by atoms with Crippen LogP contribution >= 0.6 is 11.6 Å². The molecule has 7 nitrogen and oxygen atoms in total. The Hall–Kier alpha value is -1.34. The fourth-order valence-corrected chi connectivity index (χ4v) is 7.17. The number of fused-ring (bicyclic) bond motifs is 2. The van der Waals surface area contributed by atoms with Gasteiger partial charge in [0, 0.05) is 11.8 Å². The van der Waals surface area contributed by atoms with Gasteiger partial charge in [0.2, 0.25) is 6.29 Å². The van der Waals surface area contributed by atoms with Crippen LogP contribution in [0.25, 0.3) is 0 Å². The number of carbonyl (C=O) groups excluding carboxylic acids is 2. The summed E-state index contributed by atoms with van der Waals surface area (Å²) >= 11 is 6.99. The molecule has 1 heterocycles. The summed E-state index contributed by atoms with van der Waals surface area (Å²) < 4.78 is 17.4. The van der Waals surface area contributed by atoms with Gasteiger partial charge in [-0.15, -0.1) is 11.6 Å². The lowest BCUT2D eigenvalue weighted by Gasteiger charge is -2.41. The maximum absolute atomic E-state index is 13.6. The lowest BCUT2D eigenvalue weighted by Crippen LogP contribution is -2.48. The van der Waals surface area contributed by atoms with E-state index in [1.54, 1.807) is 27.7 Å². The predicted octanol–water partition coefficient (Wildman–Crippen LogP) is 6.10. The van der Waals surface area contributed by atoms with Crippen LogP contribution in [0, 0.1) is 27.6 Å². The van der Waals surface area contributed by atoms with Crippen molar-refractivity contribution in [2.75, 3.05) is 6.61 Å². The first kappa shape index (κ1) is 29.2. The highest BCUT2D eigenvalue weighted by Crippen LogP contribution is 2.66. The third-order valence-corrected chi connectivity index (χ3v) is 10.4. The smallest absolute Gasteiger partial charge is 0.327 e. The molecule has 8 heteroatoms. The van der Waals surface area contributed by atoms with Crippen LogP contribution in [0.1, 0.15) is 106 Å². The second-order valence-electron chi connectivity index (χ2n) is 13.1. The number of halogens is 1. The lowest BCUT2D eigenvalue weighted by molar-refractivity contribution is -0.199. The third kappa shape index (κ3) is 5.29. The number of ether oxygens (including phenoxy) is 3. The van der Waals surface area contributed by atoms with E-state index in [-0.39, 0.29) is 36.2 Å². The number of hydrogen-bond acceptors (Lipinski definition) is 6. The van der Waals surface area contributed by atoms with E-state index in [2.05, 4.69) is 20.8 Å². The Labute approximate surface area is 220 Å². The minimum Gasteiger partial charge on any atom is -0.481 e. The first-order valence-corrected chi connectivity index (χ1v) is 13.8. The normalized spacial score (nSPS) is 32.8. The van der Waals surface area contributed by atoms with Gasteiger partial charge in [0.15, 0.2) is 0 Å². The van der Waals surface area contributed by atoms with E-state index in [9.17, 15) is 19.5 Å². The van der Waals surface area contributed by atoms with Crippen molar-refractivity contribution in [3.63, 3.8) is 0 Å². The highest BCUT2D eigenvalue weighted by Gasteiger charge is 2.63. The van der Waals surface area contributed by atoms with Gasteiger partial charge < -0.3 is 19.3 Å². The number of carboxylic acids is 1. The van der Waals surface area contributed by atoms with Crippen molar-refractivity contribution < 1.29 is 33.7 Å². The van der Waals surface area contributed by atoms with Gasteiger partial charge in [-0.05, 0) is 83.5 Å². The Bertz CT molecular complexity index is 864. The Morgan fingerprint density at radius 1 is 1.03 bits per heavy atom. The fraction of sp³-hybridized carbons (Fsp3) is 0.893. The molecule has 0 aromatic heterocycles. The molecule has 2 saturated carbocycles. The number of aliphatic carboxylic acids is 1. The Morgan fingerprint density at radius 2 is 1.69 bits per heavy atom. The van der Waals surface area contributed by atoms with Gasteiger partial charge in [-0.3, -0.25) is 14.4 Å². The molecule has 36 heavy (non-hydrogen) atoms. The van der Waals surface area contributed by atoms with Crippen molar-refractivity contribution >= 4 is 29.5 Å². The van der Waals surface area contributed by atoms with Gasteiger partial charge >= 0.3 is 17.9 Å². The molecule has 1 aliphatic heterocycles. The average Bonchev–Trinajstić information content (AvgIpc) is 3.12. The van der Waals surface area contributed by atoms with Crippen molar-refractivity contribution in [3.8, 4) is 0 Å². The Kier molecular flexibility index (Phi) is 8.19. The Balaban J connectivity index is 1.83. The van der Waals surface area contributed by atoms with E-state index in [0.29, 0.717) is 18.9 Å². The predicted molar refractivity (Wildman–Crippen MR) is 136 cm³/mol. The topological polar surface area (TPSA) is 99.1 Å². The molecule has 6 unspecified atom stereocenters. The summed E-state index contributed by atoms with van der Waals surface area (Å²) in [6, 6.07) is 0. The maximum Gasteiger partial charge on any atom is 0.327 e. The molecule has 0 spiro atoms. The first-order valence-electron chi connectivity index (χ1n) is 13.5. The molecule has 6 atom stereocenters. The van der Waals surface area contributed by atoms with Gasteiger partial charge in [0.1, 0.15) is 11.0 Å². The van der Waals surface area contributed by atoms with Crippen molar-refractivity contribution in [1.29, 1.82) is 0 Å². The SMILES string of the molecule is CCC(Cl)(CC(C)(CC(C)(C)C(=O)O)C(=O)OC1CCCCO1)C(=O)OC1CC2CCC1(C)C2(C)C. The minimum atomic E-state index is -1.49. The van der Waals surface area contributed by atoms with Gasteiger partial charge in [-0.1, -0.05) is 27.7 Å². The summed E-state index contributed by atoms with van der Waals surface area (Å²) in [4.78, 5) is 37.6. The van der Waals surface area contributed by atoms with Gasteiger partial charge in [-0.2, -0.15) is 0 Å². The van der Waals surface area contributed by atoms with Crippen LogP contribution in [0.5, 0.6) is 0 Å². The van der Waals surface area contributed by atoms with Gasteiger partial charge in [0.25, 0.3) is 0 Å². The molecule has 3 rings (SSSR count). The van der Waals surface area contributed by atoms with Crippen LogP contribution in [0.3, 0.4) is 0 Å². The number of hydrogen-bond donors (Lipinski definition) is 1. The summed E-state index contributed by atoms with van der Waals surface area (Å²) in [7, 11) is 0. The van der Waals surface area contributed by atoms with Crippen molar-refractivity contribution in [3.05, 3.63) is 0 Å². The van der Waals surface area contributed by atoms with Crippen LogP contribution in [0.2, 0.25) is 0 Å². The van der Waals surface area contributed by atoms with E-state index in [4.69, 9.17) is 25.8 Å². The second kappa shape index (κ2) is 10.1. The molecule has 0 aromatic rings. The molecule has 206 valence electrons. The number of alkyl halides is 1. The molecule has 0 radical (unpaired) electrons. The number of carboxylic acid groups (broad SMARTS) is 1. The molecule has 0 amide bonds. The molecule has 3 aliphatic rings. The summed E-state index contributed by atoms with van der Waals surface area (Å²) in [5, 5.41) is 9.80. The summed E-state index contributed by atoms with van der Waals surface area (Å²) in [5.74, 6) is -1.67. The summed E-state index contributed by atoms with van der Waals surface area (Å²) in [5.41, 5.74) is -2.62. The van der Waals surface area contributed by atoms with E-state index < -0.39 is 39.9 Å². The van der Waals surface area contributed by atoms with E-state index in [1.165, 1.54) is 0 Å². The lowest BCUT2D eigenvalue weighted by atomic mass is 9.69. The molecule has 0 aromatic carbocycles. The molecular weight excluding hydrogens is 484 g/mol.